The monoisotopic (exact) mass is 369 g/mol. The van der Waals surface area contributed by atoms with E-state index in [9.17, 15) is 9.59 Å². The van der Waals surface area contributed by atoms with Crippen molar-refractivity contribution in [2.75, 3.05) is 6.79 Å². The Labute approximate surface area is 158 Å². The quantitative estimate of drug-likeness (QED) is 0.514. The molecule has 134 valence electrons. The molecule has 0 unspecified atom stereocenters. The van der Waals surface area contributed by atoms with Crippen molar-refractivity contribution in [3.05, 3.63) is 54.2 Å². The summed E-state index contributed by atoms with van der Waals surface area (Å²) >= 11 is 0. The van der Waals surface area contributed by atoms with Crippen LogP contribution < -0.4 is 9.47 Å². The molecule has 7 nitrogen and oxygen atoms in total. The van der Waals surface area contributed by atoms with Crippen LogP contribution in [-0.2, 0) is 0 Å². The highest BCUT2D eigenvalue weighted by molar-refractivity contribution is 6.34. The summed E-state index contributed by atoms with van der Waals surface area (Å²) < 4.78 is 12.3. The van der Waals surface area contributed by atoms with E-state index in [1.807, 2.05) is 30.3 Å². The van der Waals surface area contributed by atoms with Gasteiger partial charge < -0.3 is 9.47 Å². The molecule has 0 aromatic heterocycles. The molecule has 2 aromatic carbocycles. The minimum Gasteiger partial charge on any atom is -0.454 e. The highest BCUT2D eigenvalue weighted by atomic mass is 16.7. The van der Waals surface area contributed by atoms with Gasteiger partial charge in [0.05, 0.1) is 23.1 Å². The zero-order chi connectivity index (χ0) is 18.8. The van der Waals surface area contributed by atoms with Gasteiger partial charge in [0, 0.05) is 16.5 Å². The van der Waals surface area contributed by atoms with E-state index in [-0.39, 0.29) is 12.5 Å². The third-order valence-corrected chi connectivity index (χ3v) is 5.03. The van der Waals surface area contributed by atoms with E-state index >= 15 is 0 Å². The Bertz CT molecular complexity index is 1340. The van der Waals surface area contributed by atoms with Crippen LogP contribution in [-0.4, -0.2) is 34.4 Å². The number of benzene rings is 2. The van der Waals surface area contributed by atoms with Crippen LogP contribution in [0.1, 0.15) is 15.3 Å². The number of para-hydroxylation sites is 1. The second-order valence-electron chi connectivity index (χ2n) is 6.57. The second kappa shape index (κ2) is 5.26. The second-order valence-corrected chi connectivity index (χ2v) is 6.57. The molecule has 6 rings (SSSR count). The van der Waals surface area contributed by atoms with Crippen molar-refractivity contribution >= 4 is 28.9 Å². The van der Waals surface area contributed by atoms with E-state index in [2.05, 4.69) is 4.99 Å². The number of rotatable bonds is 1. The average molecular weight is 369 g/mol. The van der Waals surface area contributed by atoms with Gasteiger partial charge in [-0.05, 0) is 30.3 Å². The molecule has 4 heterocycles. The highest BCUT2D eigenvalue weighted by Gasteiger charge is 2.30. The third-order valence-electron chi connectivity index (χ3n) is 5.03. The van der Waals surface area contributed by atoms with Crippen LogP contribution in [0.25, 0.3) is 33.4 Å². The number of hydrogen-bond donors (Lipinski definition) is 0. The number of hydrogen-bond acceptors (Lipinski definition) is 5. The molecular formula is C21H11N3O4. The van der Waals surface area contributed by atoms with Crippen LogP contribution in [0.5, 0.6) is 11.5 Å². The normalized spacial score (nSPS) is 14.9. The Morgan fingerprint density at radius 1 is 0.964 bits per heavy atom. The number of carbonyl (C=O) groups excluding carboxylic acids is 2. The summed E-state index contributed by atoms with van der Waals surface area (Å²) in [7, 11) is 0. The van der Waals surface area contributed by atoms with Crippen LogP contribution >= 0.6 is 0 Å². The predicted octanol–water partition coefficient (Wildman–Crippen LogP) is 3.40. The number of pyridine rings is 1. The van der Waals surface area contributed by atoms with Crippen molar-refractivity contribution in [2.45, 2.75) is 0 Å². The lowest BCUT2D eigenvalue weighted by atomic mass is 9.99. The maximum atomic E-state index is 12.7. The summed E-state index contributed by atoms with van der Waals surface area (Å²) in [5.41, 5.74) is 3.68. The first kappa shape index (κ1) is 15.1. The number of carbonyl (C=O) groups is 2. The molecule has 1 amide bonds. The van der Waals surface area contributed by atoms with Gasteiger partial charge in [-0.15, -0.1) is 0 Å². The summed E-state index contributed by atoms with van der Waals surface area (Å²) in [6.07, 6.45) is 1.04. The first-order valence-electron chi connectivity index (χ1n) is 8.68. The van der Waals surface area contributed by atoms with E-state index in [0.717, 1.165) is 22.7 Å². The SMILES string of the molecule is O=C1N=CC(=O)n2c1cc1c3ccccc3nc-1c2-c1ccc2c(c1)OCO2. The molecule has 0 atom stereocenters. The van der Waals surface area contributed by atoms with Gasteiger partial charge >= 0.3 is 0 Å². The maximum Gasteiger partial charge on any atom is 0.294 e. The molecule has 2 aromatic rings. The Balaban J connectivity index is 1.76. The van der Waals surface area contributed by atoms with Crippen LogP contribution in [0, 0.1) is 0 Å². The first-order chi connectivity index (χ1) is 13.7. The van der Waals surface area contributed by atoms with Gasteiger partial charge in [-0.3, -0.25) is 14.2 Å². The van der Waals surface area contributed by atoms with E-state index in [1.54, 1.807) is 18.2 Å². The van der Waals surface area contributed by atoms with Crippen LogP contribution in [0.15, 0.2) is 53.5 Å². The lowest BCUT2D eigenvalue weighted by Gasteiger charge is -2.20. The van der Waals surface area contributed by atoms with Gasteiger partial charge in [0.25, 0.3) is 11.8 Å². The fourth-order valence-electron chi connectivity index (χ4n) is 3.80. The highest BCUT2D eigenvalue weighted by Crippen LogP contribution is 2.43. The van der Waals surface area contributed by atoms with Gasteiger partial charge in [0.1, 0.15) is 5.69 Å². The van der Waals surface area contributed by atoms with Crippen molar-refractivity contribution < 1.29 is 19.1 Å². The number of amides is 1. The van der Waals surface area contributed by atoms with E-state index in [1.165, 1.54) is 4.57 Å². The fourth-order valence-corrected chi connectivity index (χ4v) is 3.80. The molecule has 0 fully saturated rings. The molecule has 0 spiro atoms. The van der Waals surface area contributed by atoms with Gasteiger partial charge in [0.15, 0.2) is 11.5 Å². The van der Waals surface area contributed by atoms with Gasteiger partial charge in [-0.2, -0.15) is 0 Å². The Hall–Kier alpha value is -4.00. The molecule has 4 aliphatic rings. The Kier molecular flexibility index (Phi) is 2.84. The van der Waals surface area contributed by atoms with Crippen LogP contribution in [0.2, 0.25) is 0 Å². The maximum absolute atomic E-state index is 12.7. The number of nitrogens with zero attached hydrogens (tertiary/aromatic N) is 3. The fraction of sp³-hybridized carbons (Fsp3) is 0.0476. The van der Waals surface area contributed by atoms with Crippen molar-refractivity contribution in [1.29, 1.82) is 0 Å². The predicted molar refractivity (Wildman–Crippen MR) is 101 cm³/mol. The molecule has 4 aliphatic heterocycles. The molecule has 0 saturated heterocycles. The van der Waals surface area contributed by atoms with Crippen molar-refractivity contribution in [1.82, 2.24) is 9.55 Å². The van der Waals surface area contributed by atoms with Crippen molar-refractivity contribution in [2.24, 2.45) is 4.99 Å². The minimum atomic E-state index is -0.464. The van der Waals surface area contributed by atoms with Crippen molar-refractivity contribution in [3.8, 4) is 34.0 Å². The van der Waals surface area contributed by atoms with Gasteiger partial charge in [0.2, 0.25) is 6.79 Å². The third kappa shape index (κ3) is 1.92. The zero-order valence-electron chi connectivity index (χ0n) is 14.4. The number of ether oxygens (including phenoxy) is 2. The molecule has 7 heteroatoms. The molecule has 0 radical (unpaired) electrons. The van der Waals surface area contributed by atoms with E-state index in [0.29, 0.717) is 28.5 Å². The number of aliphatic imine (C=N–C) groups is 1. The molecular weight excluding hydrogens is 358 g/mol. The van der Waals surface area contributed by atoms with Crippen LogP contribution in [0.4, 0.5) is 0 Å². The lowest BCUT2D eigenvalue weighted by Crippen LogP contribution is -2.27. The first-order valence-corrected chi connectivity index (χ1v) is 8.68. The topological polar surface area (TPSA) is 82.8 Å². The summed E-state index contributed by atoms with van der Waals surface area (Å²) in [5.74, 6) is 0.368. The number of aromatic nitrogens is 2. The van der Waals surface area contributed by atoms with Crippen molar-refractivity contribution in [3.63, 3.8) is 0 Å². The molecule has 28 heavy (non-hydrogen) atoms. The summed E-state index contributed by atoms with van der Waals surface area (Å²) in [6, 6.07) is 14.8. The summed E-state index contributed by atoms with van der Waals surface area (Å²) in [4.78, 5) is 33.6. The smallest absolute Gasteiger partial charge is 0.294 e. The minimum absolute atomic E-state index is 0.150. The molecule has 0 saturated carbocycles. The molecule has 0 N–H and O–H groups in total. The van der Waals surface area contributed by atoms with Gasteiger partial charge in [-0.25, -0.2) is 9.98 Å². The van der Waals surface area contributed by atoms with E-state index in [4.69, 9.17) is 14.5 Å². The standard InChI is InChI=1S/C21H11N3O4/c25-18-9-22-21(26)15-8-13-12-3-1-2-4-14(12)23-19(13)20(24(15)18)11-5-6-16-17(7-11)28-10-27-16/h1-9H,10H2. The average Bonchev–Trinajstić information content (AvgIpc) is 3.33. The summed E-state index contributed by atoms with van der Waals surface area (Å²) in [6.45, 7) is 0.150. The number of fused-ring (bicyclic) bond motifs is 5. The summed E-state index contributed by atoms with van der Waals surface area (Å²) in [5, 5.41) is 0.915. The largest absolute Gasteiger partial charge is 0.454 e. The van der Waals surface area contributed by atoms with E-state index < -0.39 is 11.8 Å². The zero-order valence-corrected chi connectivity index (χ0v) is 14.4. The molecule has 0 aliphatic carbocycles. The Morgan fingerprint density at radius 2 is 1.82 bits per heavy atom. The van der Waals surface area contributed by atoms with Crippen LogP contribution in [0.3, 0.4) is 0 Å². The lowest BCUT2D eigenvalue weighted by molar-refractivity contribution is 0.0926. The van der Waals surface area contributed by atoms with Gasteiger partial charge in [-0.1, -0.05) is 18.2 Å². The Morgan fingerprint density at radius 3 is 2.75 bits per heavy atom. The molecule has 0 bridgehead atoms.